The zero-order chi connectivity index (χ0) is 15.3. The minimum atomic E-state index is 0.130. The highest BCUT2D eigenvalue weighted by Crippen LogP contribution is 2.26. The van der Waals surface area contributed by atoms with Crippen LogP contribution in [0.3, 0.4) is 0 Å². The molecular weight excluding hydrogens is 403 g/mol. The SMILES string of the molecule is CC(C)(C)NC[C@@H](I)COc1nsnc1N1CCOCC1. The molecule has 0 radical (unpaired) electrons. The third-order valence-corrected chi connectivity index (χ3v) is 4.31. The first-order valence-corrected chi connectivity index (χ1v) is 9.10. The van der Waals surface area contributed by atoms with Crippen LogP contribution in [-0.2, 0) is 4.74 Å². The van der Waals surface area contributed by atoms with E-state index in [0.29, 0.717) is 16.4 Å². The van der Waals surface area contributed by atoms with Crippen molar-refractivity contribution in [3.05, 3.63) is 0 Å². The molecule has 1 saturated heterocycles. The summed E-state index contributed by atoms with van der Waals surface area (Å²) in [6.07, 6.45) is 0. The highest BCUT2D eigenvalue weighted by atomic mass is 127. The molecule has 0 amide bonds. The molecule has 8 heteroatoms. The normalized spacial score (nSPS) is 17.8. The molecule has 0 aliphatic carbocycles. The standard InChI is InChI=1S/C13H23IN4O2S/c1-13(2,3)15-8-10(14)9-20-12-11(16-21-17-12)18-4-6-19-7-5-18/h10,15H,4-9H2,1-3H3/t10-/m1/s1. The number of anilines is 1. The Morgan fingerprint density at radius 3 is 2.76 bits per heavy atom. The average Bonchev–Trinajstić information content (AvgIpc) is 2.91. The zero-order valence-electron chi connectivity index (χ0n) is 12.8. The number of hydrogen-bond donors (Lipinski definition) is 1. The molecule has 0 unspecified atom stereocenters. The molecule has 2 rings (SSSR count). The summed E-state index contributed by atoms with van der Waals surface area (Å²) in [5.74, 6) is 1.51. The van der Waals surface area contributed by atoms with Gasteiger partial charge in [-0.3, -0.25) is 0 Å². The molecule has 1 aromatic heterocycles. The Bertz CT molecular complexity index is 432. The van der Waals surface area contributed by atoms with E-state index in [1.54, 1.807) is 0 Å². The minimum absolute atomic E-state index is 0.130. The van der Waals surface area contributed by atoms with Gasteiger partial charge in [0, 0.05) is 25.2 Å². The molecule has 1 atom stereocenters. The van der Waals surface area contributed by atoms with Crippen LogP contribution in [0.4, 0.5) is 5.82 Å². The van der Waals surface area contributed by atoms with Crippen molar-refractivity contribution in [2.75, 3.05) is 44.4 Å². The summed E-state index contributed by atoms with van der Waals surface area (Å²) in [4.78, 5) is 2.18. The predicted molar refractivity (Wildman–Crippen MR) is 94.0 cm³/mol. The van der Waals surface area contributed by atoms with E-state index in [0.717, 1.165) is 38.7 Å². The molecule has 1 aromatic rings. The van der Waals surface area contributed by atoms with E-state index >= 15 is 0 Å². The van der Waals surface area contributed by atoms with E-state index in [1.807, 2.05) is 0 Å². The average molecular weight is 426 g/mol. The maximum atomic E-state index is 5.86. The first kappa shape index (κ1) is 17.2. The maximum absolute atomic E-state index is 5.86. The lowest BCUT2D eigenvalue weighted by Gasteiger charge is -2.27. The van der Waals surface area contributed by atoms with E-state index in [1.165, 1.54) is 11.7 Å². The summed E-state index contributed by atoms with van der Waals surface area (Å²) in [6.45, 7) is 11.2. The molecule has 120 valence electrons. The van der Waals surface area contributed by atoms with Gasteiger partial charge in [0.1, 0.15) is 6.61 Å². The fourth-order valence-corrected chi connectivity index (χ4v) is 2.80. The van der Waals surface area contributed by atoms with Gasteiger partial charge < -0.3 is 19.7 Å². The number of halogens is 1. The van der Waals surface area contributed by atoms with Crippen molar-refractivity contribution in [3.8, 4) is 5.88 Å². The molecule has 0 saturated carbocycles. The summed E-state index contributed by atoms with van der Waals surface area (Å²) < 4.78 is 20.3. The number of morpholine rings is 1. The van der Waals surface area contributed by atoms with Crippen LogP contribution in [0.5, 0.6) is 5.88 Å². The van der Waals surface area contributed by atoms with Gasteiger partial charge in [-0.15, -0.1) is 4.37 Å². The molecule has 0 spiro atoms. The lowest BCUT2D eigenvalue weighted by Crippen LogP contribution is -2.40. The zero-order valence-corrected chi connectivity index (χ0v) is 15.7. The second kappa shape index (κ2) is 7.89. The Morgan fingerprint density at radius 1 is 1.38 bits per heavy atom. The second-order valence-corrected chi connectivity index (χ2v) is 8.32. The number of alkyl halides is 1. The van der Waals surface area contributed by atoms with Gasteiger partial charge in [-0.25, -0.2) is 0 Å². The van der Waals surface area contributed by atoms with Crippen LogP contribution in [0.1, 0.15) is 20.8 Å². The summed E-state index contributed by atoms with van der Waals surface area (Å²) in [5.41, 5.74) is 0.130. The summed E-state index contributed by atoms with van der Waals surface area (Å²) in [7, 11) is 0. The molecule has 1 N–H and O–H groups in total. The number of hydrogen-bond acceptors (Lipinski definition) is 7. The van der Waals surface area contributed by atoms with Gasteiger partial charge in [0.25, 0.3) is 5.88 Å². The van der Waals surface area contributed by atoms with Crippen molar-refractivity contribution in [2.45, 2.75) is 30.2 Å². The Hall–Kier alpha value is -0.190. The minimum Gasteiger partial charge on any atom is -0.473 e. The number of rotatable bonds is 6. The van der Waals surface area contributed by atoms with Crippen LogP contribution < -0.4 is 15.0 Å². The van der Waals surface area contributed by atoms with Crippen LogP contribution in [0.25, 0.3) is 0 Å². The molecule has 1 aliphatic heterocycles. The molecule has 2 heterocycles. The van der Waals surface area contributed by atoms with E-state index in [2.05, 4.69) is 62.3 Å². The third-order valence-electron chi connectivity index (χ3n) is 3.01. The first-order chi connectivity index (χ1) is 9.96. The molecule has 1 aliphatic rings. The Balaban J connectivity index is 1.82. The van der Waals surface area contributed by atoms with E-state index < -0.39 is 0 Å². The van der Waals surface area contributed by atoms with Gasteiger partial charge in [-0.1, -0.05) is 22.6 Å². The summed E-state index contributed by atoms with van der Waals surface area (Å²) in [5, 5.41) is 3.48. The molecule has 1 fully saturated rings. The van der Waals surface area contributed by atoms with Crippen LogP contribution >= 0.6 is 34.3 Å². The highest BCUT2D eigenvalue weighted by molar-refractivity contribution is 14.1. The van der Waals surface area contributed by atoms with Gasteiger partial charge in [0.05, 0.1) is 28.9 Å². The largest absolute Gasteiger partial charge is 0.473 e. The second-order valence-electron chi connectivity index (χ2n) is 6.03. The number of ether oxygens (including phenoxy) is 2. The molecule has 0 bridgehead atoms. The van der Waals surface area contributed by atoms with Crippen LogP contribution in [0, 0.1) is 0 Å². The predicted octanol–water partition coefficient (Wildman–Crippen LogP) is 1.95. The smallest absolute Gasteiger partial charge is 0.270 e. The Labute approximate surface area is 144 Å². The molecule has 6 nitrogen and oxygen atoms in total. The monoisotopic (exact) mass is 426 g/mol. The van der Waals surface area contributed by atoms with Crippen molar-refractivity contribution < 1.29 is 9.47 Å². The van der Waals surface area contributed by atoms with E-state index in [-0.39, 0.29) is 5.54 Å². The van der Waals surface area contributed by atoms with Crippen LogP contribution in [0.15, 0.2) is 0 Å². The quantitative estimate of drug-likeness (QED) is 0.555. The topological polar surface area (TPSA) is 59.5 Å². The highest BCUT2D eigenvalue weighted by Gasteiger charge is 2.20. The Morgan fingerprint density at radius 2 is 2.10 bits per heavy atom. The van der Waals surface area contributed by atoms with Crippen molar-refractivity contribution in [2.24, 2.45) is 0 Å². The fourth-order valence-electron chi connectivity index (χ4n) is 1.88. The van der Waals surface area contributed by atoms with E-state index in [9.17, 15) is 0 Å². The van der Waals surface area contributed by atoms with Crippen molar-refractivity contribution in [3.63, 3.8) is 0 Å². The van der Waals surface area contributed by atoms with Crippen LogP contribution in [-0.4, -0.2) is 57.7 Å². The first-order valence-electron chi connectivity index (χ1n) is 7.13. The lowest BCUT2D eigenvalue weighted by molar-refractivity contribution is 0.122. The number of nitrogens with zero attached hydrogens (tertiary/aromatic N) is 3. The van der Waals surface area contributed by atoms with Crippen molar-refractivity contribution >= 4 is 40.1 Å². The molecular formula is C13H23IN4O2S. The van der Waals surface area contributed by atoms with Gasteiger partial charge in [0.15, 0.2) is 0 Å². The van der Waals surface area contributed by atoms with Gasteiger partial charge in [0.2, 0.25) is 5.82 Å². The lowest BCUT2D eigenvalue weighted by atomic mass is 10.1. The van der Waals surface area contributed by atoms with Crippen molar-refractivity contribution in [1.29, 1.82) is 0 Å². The number of aromatic nitrogens is 2. The van der Waals surface area contributed by atoms with Crippen molar-refractivity contribution in [1.82, 2.24) is 14.1 Å². The summed E-state index contributed by atoms with van der Waals surface area (Å²) in [6, 6.07) is 0. The molecule has 0 aromatic carbocycles. The van der Waals surface area contributed by atoms with Crippen LogP contribution in [0.2, 0.25) is 0 Å². The Kier molecular flexibility index (Phi) is 6.45. The van der Waals surface area contributed by atoms with Gasteiger partial charge in [-0.2, -0.15) is 4.37 Å². The fraction of sp³-hybridized carbons (Fsp3) is 0.846. The van der Waals surface area contributed by atoms with Gasteiger partial charge in [-0.05, 0) is 20.8 Å². The number of nitrogens with one attached hydrogen (secondary N) is 1. The van der Waals surface area contributed by atoms with E-state index in [4.69, 9.17) is 9.47 Å². The summed E-state index contributed by atoms with van der Waals surface area (Å²) >= 11 is 3.61. The molecule has 21 heavy (non-hydrogen) atoms. The maximum Gasteiger partial charge on any atom is 0.270 e. The third kappa shape index (κ3) is 5.84. The van der Waals surface area contributed by atoms with Gasteiger partial charge >= 0.3 is 0 Å².